The zero-order valence-corrected chi connectivity index (χ0v) is 18.4. The highest BCUT2D eigenvalue weighted by molar-refractivity contribution is 6.08. The molecule has 4 nitrogen and oxygen atoms in total. The molecule has 1 N–H and O–H groups in total. The van der Waals surface area contributed by atoms with Gasteiger partial charge in [0.1, 0.15) is 5.82 Å². The Balaban J connectivity index is 1.45. The summed E-state index contributed by atoms with van der Waals surface area (Å²) in [6.45, 7) is 5.07. The van der Waals surface area contributed by atoms with Gasteiger partial charge in [-0.1, -0.05) is 61.0 Å². The number of halogens is 1. The van der Waals surface area contributed by atoms with Crippen LogP contribution in [0.3, 0.4) is 0 Å². The van der Waals surface area contributed by atoms with Crippen molar-refractivity contribution in [3.05, 3.63) is 101 Å². The van der Waals surface area contributed by atoms with Gasteiger partial charge in [-0.25, -0.2) is 4.39 Å². The molecular weight excluding hydrogens is 403 g/mol. The highest BCUT2D eigenvalue weighted by atomic mass is 19.1. The second-order valence-electron chi connectivity index (χ2n) is 8.85. The second-order valence-corrected chi connectivity index (χ2v) is 8.85. The fraction of sp³-hybridized carbons (Fsp3) is 0.259. The molecule has 0 bridgehead atoms. The van der Waals surface area contributed by atoms with Crippen LogP contribution in [0.2, 0.25) is 0 Å². The maximum atomic E-state index is 14.9. The van der Waals surface area contributed by atoms with Crippen LogP contribution >= 0.6 is 0 Å². The predicted octanol–water partition coefficient (Wildman–Crippen LogP) is 5.41. The number of carbonyl (C=O) groups is 2. The number of hydrogen-bond acceptors (Lipinski definition) is 2. The molecule has 0 aliphatic heterocycles. The van der Waals surface area contributed by atoms with E-state index >= 15 is 0 Å². The Morgan fingerprint density at radius 3 is 2.56 bits per heavy atom. The lowest BCUT2D eigenvalue weighted by atomic mass is 10.1. The van der Waals surface area contributed by atoms with Gasteiger partial charge in [-0.15, -0.1) is 0 Å². The minimum absolute atomic E-state index is 0.0487. The zero-order valence-electron chi connectivity index (χ0n) is 18.4. The Hall–Kier alpha value is -3.47. The van der Waals surface area contributed by atoms with E-state index in [9.17, 15) is 14.0 Å². The summed E-state index contributed by atoms with van der Waals surface area (Å²) >= 11 is 0. The molecule has 0 spiro atoms. The van der Waals surface area contributed by atoms with E-state index in [0.29, 0.717) is 29.9 Å². The molecule has 0 atom stereocenters. The maximum absolute atomic E-state index is 14.9. The Bertz CT molecular complexity index is 1170. The molecule has 5 heteroatoms. The number of nitrogens with zero attached hydrogens (tertiary/aromatic N) is 1. The third-order valence-electron chi connectivity index (χ3n) is 6.03. The molecule has 2 aromatic carbocycles. The number of rotatable bonds is 8. The predicted molar refractivity (Wildman–Crippen MR) is 124 cm³/mol. The number of carbonyl (C=O) groups excluding carboxylic acids is 2. The fourth-order valence-electron chi connectivity index (χ4n) is 3.56. The first kappa shape index (κ1) is 21.8. The van der Waals surface area contributed by atoms with Crippen LogP contribution in [0.5, 0.6) is 0 Å². The molecule has 4 rings (SSSR count). The molecule has 1 fully saturated rings. The van der Waals surface area contributed by atoms with E-state index in [4.69, 9.17) is 0 Å². The maximum Gasteiger partial charge on any atom is 0.254 e. The summed E-state index contributed by atoms with van der Waals surface area (Å²) in [5, 5.41) is 2.84. The summed E-state index contributed by atoms with van der Waals surface area (Å²) in [6.07, 6.45) is 7.44. The number of aryl methyl sites for hydroxylation is 1. The van der Waals surface area contributed by atoms with Gasteiger partial charge in [0.2, 0.25) is 5.78 Å². The number of ketones is 1. The molecule has 32 heavy (non-hydrogen) atoms. The van der Waals surface area contributed by atoms with Crippen molar-refractivity contribution in [1.29, 1.82) is 0 Å². The summed E-state index contributed by atoms with van der Waals surface area (Å²) in [5.41, 5.74) is 2.85. The van der Waals surface area contributed by atoms with Crippen LogP contribution in [0.15, 0.2) is 66.9 Å². The van der Waals surface area contributed by atoms with Crippen LogP contribution < -0.4 is 5.32 Å². The first-order valence-electron chi connectivity index (χ1n) is 10.9. The lowest BCUT2D eigenvalue weighted by molar-refractivity contribution is 0.0941. The standard InChI is InChI=1S/C27H27FN2O2/c1-19-10-12-21(13-11-19)25(31)23-9-5-17-30(23)16-4-7-20-6-3-8-22(24(20)28)26(32)29-18-27(2)14-15-27/h3-13,17H,14-16,18H2,1-2H3,(H,29,32)/b7-4+. The molecule has 1 heterocycles. The van der Waals surface area contributed by atoms with Crippen LogP contribution in [0.4, 0.5) is 4.39 Å². The van der Waals surface area contributed by atoms with Crippen molar-refractivity contribution in [2.45, 2.75) is 33.2 Å². The lowest BCUT2D eigenvalue weighted by Gasteiger charge is -2.11. The summed E-state index contributed by atoms with van der Waals surface area (Å²) in [6, 6.07) is 15.9. The molecule has 3 aromatic rings. The van der Waals surface area contributed by atoms with Gasteiger partial charge in [-0.05, 0) is 43.4 Å². The van der Waals surface area contributed by atoms with E-state index in [-0.39, 0.29) is 22.7 Å². The van der Waals surface area contributed by atoms with Crippen LogP contribution in [-0.2, 0) is 6.54 Å². The highest BCUT2D eigenvalue weighted by Gasteiger charge is 2.37. The fourth-order valence-corrected chi connectivity index (χ4v) is 3.56. The molecule has 1 aliphatic rings. The largest absolute Gasteiger partial charge is 0.351 e. The van der Waals surface area contributed by atoms with Gasteiger partial charge >= 0.3 is 0 Å². The van der Waals surface area contributed by atoms with Gasteiger partial charge in [0, 0.05) is 30.4 Å². The van der Waals surface area contributed by atoms with Crippen LogP contribution in [-0.4, -0.2) is 22.8 Å². The van der Waals surface area contributed by atoms with E-state index in [1.54, 1.807) is 30.4 Å². The minimum atomic E-state index is -0.536. The molecule has 0 unspecified atom stereocenters. The van der Waals surface area contributed by atoms with E-state index in [1.807, 2.05) is 48.0 Å². The quantitative estimate of drug-likeness (QED) is 0.486. The van der Waals surface area contributed by atoms with Crippen LogP contribution in [0, 0.1) is 18.2 Å². The van der Waals surface area contributed by atoms with Crippen molar-refractivity contribution < 1.29 is 14.0 Å². The van der Waals surface area contributed by atoms with Crippen molar-refractivity contribution >= 4 is 17.8 Å². The van der Waals surface area contributed by atoms with Gasteiger partial charge in [-0.2, -0.15) is 0 Å². The number of benzene rings is 2. The number of nitrogens with one attached hydrogen (secondary N) is 1. The molecule has 164 valence electrons. The molecule has 1 amide bonds. The van der Waals surface area contributed by atoms with Gasteiger partial charge < -0.3 is 9.88 Å². The van der Waals surface area contributed by atoms with E-state index < -0.39 is 5.82 Å². The minimum Gasteiger partial charge on any atom is -0.351 e. The van der Waals surface area contributed by atoms with Crippen LogP contribution in [0.25, 0.3) is 6.08 Å². The summed E-state index contributed by atoms with van der Waals surface area (Å²) in [4.78, 5) is 25.2. The zero-order chi connectivity index (χ0) is 22.7. The third-order valence-corrected chi connectivity index (χ3v) is 6.03. The molecule has 0 saturated heterocycles. The summed E-state index contributed by atoms with van der Waals surface area (Å²) in [7, 11) is 0. The number of aromatic nitrogens is 1. The Kier molecular flexibility index (Phi) is 6.08. The first-order chi connectivity index (χ1) is 15.4. The summed E-state index contributed by atoms with van der Waals surface area (Å²) in [5.74, 6) is -0.981. The Morgan fingerprint density at radius 1 is 1.09 bits per heavy atom. The monoisotopic (exact) mass is 430 g/mol. The first-order valence-corrected chi connectivity index (χ1v) is 10.9. The van der Waals surface area contributed by atoms with E-state index in [0.717, 1.165) is 18.4 Å². The summed E-state index contributed by atoms with van der Waals surface area (Å²) < 4.78 is 16.7. The topological polar surface area (TPSA) is 51.1 Å². The number of amides is 1. The molecule has 1 aromatic heterocycles. The number of hydrogen-bond donors (Lipinski definition) is 1. The van der Waals surface area contributed by atoms with Crippen LogP contribution in [0.1, 0.15) is 57.3 Å². The second kappa shape index (κ2) is 8.95. The van der Waals surface area contributed by atoms with Gasteiger partial charge in [0.15, 0.2) is 0 Å². The lowest BCUT2D eigenvalue weighted by Crippen LogP contribution is -2.29. The molecule has 1 aliphatic carbocycles. The van der Waals surface area contributed by atoms with Crippen molar-refractivity contribution in [1.82, 2.24) is 9.88 Å². The molecule has 0 radical (unpaired) electrons. The normalized spacial score (nSPS) is 14.5. The van der Waals surface area contributed by atoms with E-state index in [2.05, 4.69) is 12.2 Å². The van der Waals surface area contributed by atoms with Crippen molar-refractivity contribution in [3.63, 3.8) is 0 Å². The van der Waals surface area contributed by atoms with E-state index in [1.165, 1.54) is 6.07 Å². The Labute approximate surface area is 187 Å². The van der Waals surface area contributed by atoms with Gasteiger partial charge in [0.05, 0.1) is 11.3 Å². The van der Waals surface area contributed by atoms with Crippen molar-refractivity contribution in [2.24, 2.45) is 5.41 Å². The number of allylic oxidation sites excluding steroid dienone is 1. The average Bonchev–Trinajstić information content (AvgIpc) is 3.34. The average molecular weight is 431 g/mol. The van der Waals surface area contributed by atoms with Crippen molar-refractivity contribution in [3.8, 4) is 0 Å². The molecular formula is C27H27FN2O2. The molecule has 1 saturated carbocycles. The van der Waals surface area contributed by atoms with Gasteiger partial charge in [-0.3, -0.25) is 9.59 Å². The van der Waals surface area contributed by atoms with Crippen molar-refractivity contribution in [2.75, 3.05) is 6.54 Å². The smallest absolute Gasteiger partial charge is 0.254 e. The highest BCUT2D eigenvalue weighted by Crippen LogP contribution is 2.44. The third kappa shape index (κ3) is 4.88. The Morgan fingerprint density at radius 2 is 1.84 bits per heavy atom. The SMILES string of the molecule is Cc1ccc(C(=O)c2cccn2C/C=C/c2cccc(C(=O)NCC3(C)CC3)c2F)cc1. The van der Waals surface area contributed by atoms with Gasteiger partial charge in [0.25, 0.3) is 5.91 Å².